The second-order valence-corrected chi connectivity index (χ2v) is 11.5. The van der Waals surface area contributed by atoms with Crippen molar-refractivity contribution >= 4 is 24.0 Å². The Morgan fingerprint density at radius 1 is 0.738 bits per heavy atom. The quantitative estimate of drug-likeness (QED) is 0.226. The number of alkyl carbamates (subject to hydrolysis) is 2. The van der Waals surface area contributed by atoms with Crippen LogP contribution in [0.2, 0.25) is 0 Å². The lowest BCUT2D eigenvalue weighted by Gasteiger charge is -2.27. The number of aliphatic hydroxyl groups is 1. The van der Waals surface area contributed by atoms with Gasteiger partial charge in [0.2, 0.25) is 11.8 Å². The van der Waals surface area contributed by atoms with E-state index in [1.54, 1.807) is 20.8 Å². The van der Waals surface area contributed by atoms with Crippen LogP contribution < -0.4 is 21.3 Å². The molecule has 11 nitrogen and oxygen atoms in total. The third-order valence-electron chi connectivity index (χ3n) is 5.95. The minimum Gasteiger partial charge on any atom is -0.445 e. The van der Waals surface area contributed by atoms with Crippen molar-refractivity contribution in [3.05, 3.63) is 71.8 Å². The molecule has 0 aromatic heterocycles. The smallest absolute Gasteiger partial charge is 0.409 e. The molecule has 4 atom stereocenters. The molecule has 0 aliphatic carbocycles. The maximum Gasteiger partial charge on any atom is 0.409 e. The number of hydrogen-bond acceptors (Lipinski definition) is 7. The number of rotatable bonds is 13. The van der Waals surface area contributed by atoms with Crippen LogP contribution in [0.1, 0.15) is 59.1 Å². The molecule has 2 aromatic rings. The highest BCUT2D eigenvalue weighted by Gasteiger charge is 2.30. The first kappa shape index (κ1) is 34.1. The predicted octanol–water partition coefficient (Wildman–Crippen LogP) is 3.40. The van der Waals surface area contributed by atoms with Gasteiger partial charge in [-0.25, -0.2) is 9.59 Å². The first-order valence-electron chi connectivity index (χ1n) is 14.0. The zero-order valence-corrected chi connectivity index (χ0v) is 25.2. The van der Waals surface area contributed by atoms with E-state index in [1.165, 1.54) is 6.92 Å². The summed E-state index contributed by atoms with van der Waals surface area (Å²) in [5, 5.41) is 20.7. The van der Waals surface area contributed by atoms with Crippen LogP contribution in [0.3, 0.4) is 0 Å². The topological polar surface area (TPSA) is 155 Å². The summed E-state index contributed by atoms with van der Waals surface area (Å²) < 4.78 is 10.4. The molecule has 1 unspecified atom stereocenters. The van der Waals surface area contributed by atoms with E-state index < -0.39 is 54.0 Å². The highest BCUT2D eigenvalue weighted by molar-refractivity contribution is 5.91. The zero-order valence-electron chi connectivity index (χ0n) is 25.2. The molecule has 0 heterocycles. The van der Waals surface area contributed by atoms with E-state index in [0.29, 0.717) is 6.42 Å². The molecular formula is C31H44N4O7. The lowest BCUT2D eigenvalue weighted by Crippen LogP contribution is -2.58. The molecule has 0 aliphatic rings. The van der Waals surface area contributed by atoms with Crippen molar-refractivity contribution in [3.8, 4) is 0 Å². The summed E-state index contributed by atoms with van der Waals surface area (Å²) in [5.74, 6) is -1.10. The highest BCUT2D eigenvalue weighted by atomic mass is 16.6. The fourth-order valence-electron chi connectivity index (χ4n) is 3.90. The van der Waals surface area contributed by atoms with Crippen LogP contribution in [0.15, 0.2) is 60.7 Å². The molecule has 0 radical (unpaired) electrons. The molecule has 2 rings (SSSR count). The second kappa shape index (κ2) is 16.4. The Morgan fingerprint density at radius 2 is 1.29 bits per heavy atom. The van der Waals surface area contributed by atoms with Crippen molar-refractivity contribution in [2.24, 2.45) is 5.92 Å². The van der Waals surface area contributed by atoms with Crippen molar-refractivity contribution in [3.63, 3.8) is 0 Å². The Balaban J connectivity index is 2.11. The van der Waals surface area contributed by atoms with E-state index >= 15 is 0 Å². The number of ether oxygens (including phenoxy) is 2. The Morgan fingerprint density at radius 3 is 1.83 bits per heavy atom. The maximum absolute atomic E-state index is 13.4. The van der Waals surface area contributed by atoms with Gasteiger partial charge in [0.25, 0.3) is 0 Å². The summed E-state index contributed by atoms with van der Waals surface area (Å²) in [4.78, 5) is 51.4. The Hall–Kier alpha value is -4.12. The van der Waals surface area contributed by atoms with Crippen LogP contribution in [-0.4, -0.2) is 59.1 Å². The molecule has 42 heavy (non-hydrogen) atoms. The molecule has 4 amide bonds. The third kappa shape index (κ3) is 13.0. The van der Waals surface area contributed by atoms with E-state index in [1.807, 2.05) is 74.5 Å². The van der Waals surface area contributed by atoms with Gasteiger partial charge in [-0.2, -0.15) is 0 Å². The largest absolute Gasteiger partial charge is 0.445 e. The van der Waals surface area contributed by atoms with Crippen molar-refractivity contribution in [2.75, 3.05) is 0 Å². The summed E-state index contributed by atoms with van der Waals surface area (Å²) in [5.41, 5.74) is 0.818. The van der Waals surface area contributed by atoms with Crippen LogP contribution in [0.5, 0.6) is 0 Å². The van der Waals surface area contributed by atoms with Crippen LogP contribution in [-0.2, 0) is 32.1 Å². The fraction of sp³-hybridized carbons (Fsp3) is 0.484. The van der Waals surface area contributed by atoms with Gasteiger partial charge in [-0.15, -0.1) is 0 Å². The van der Waals surface area contributed by atoms with E-state index in [4.69, 9.17) is 9.47 Å². The minimum atomic E-state index is -1.45. The Bertz CT molecular complexity index is 1150. The van der Waals surface area contributed by atoms with Gasteiger partial charge in [-0.3, -0.25) is 14.9 Å². The molecule has 230 valence electrons. The molecule has 2 aromatic carbocycles. The molecule has 5 N–H and O–H groups in total. The SMILES string of the molecule is CC(C)C[C@H](NC(=O)OCc1ccccc1)C(=O)N[C@@H](Cc1ccccc1)C(=O)N[C@@H](C)C(O)NC(=O)OC(C)(C)C. The zero-order chi connectivity index (χ0) is 31.3. The van der Waals surface area contributed by atoms with Crippen LogP contribution >= 0.6 is 0 Å². The van der Waals surface area contributed by atoms with Gasteiger partial charge in [0.1, 0.15) is 30.5 Å². The van der Waals surface area contributed by atoms with E-state index in [0.717, 1.165) is 11.1 Å². The Labute approximate surface area is 247 Å². The lowest BCUT2D eigenvalue weighted by molar-refractivity contribution is -0.131. The Kier molecular flexibility index (Phi) is 13.3. The first-order chi connectivity index (χ1) is 19.7. The number of aliphatic hydroxyl groups excluding tert-OH is 1. The summed E-state index contributed by atoms with van der Waals surface area (Å²) in [6, 6.07) is 15.3. The summed E-state index contributed by atoms with van der Waals surface area (Å²) in [7, 11) is 0. The molecule has 0 aliphatic heterocycles. The first-order valence-corrected chi connectivity index (χ1v) is 14.0. The van der Waals surface area contributed by atoms with Gasteiger partial charge in [0, 0.05) is 6.42 Å². The molecule has 0 saturated carbocycles. The van der Waals surface area contributed by atoms with Gasteiger partial charge in [-0.05, 0) is 51.2 Å². The van der Waals surface area contributed by atoms with Crippen molar-refractivity contribution in [1.82, 2.24) is 21.3 Å². The molecular weight excluding hydrogens is 540 g/mol. The number of amides is 4. The van der Waals surface area contributed by atoms with Crippen molar-refractivity contribution in [2.45, 2.75) is 90.9 Å². The minimum absolute atomic E-state index is 0.0409. The van der Waals surface area contributed by atoms with Gasteiger partial charge in [0.05, 0.1) is 6.04 Å². The molecule has 11 heteroatoms. The number of nitrogens with one attached hydrogen (secondary N) is 4. The van der Waals surface area contributed by atoms with Crippen molar-refractivity contribution in [1.29, 1.82) is 0 Å². The number of carbonyl (C=O) groups excluding carboxylic acids is 4. The van der Waals surface area contributed by atoms with Gasteiger partial charge in [0.15, 0.2) is 0 Å². The molecule has 0 bridgehead atoms. The predicted molar refractivity (Wildman–Crippen MR) is 158 cm³/mol. The number of hydrogen-bond donors (Lipinski definition) is 5. The van der Waals surface area contributed by atoms with E-state index in [2.05, 4.69) is 21.3 Å². The highest BCUT2D eigenvalue weighted by Crippen LogP contribution is 2.10. The lowest BCUT2D eigenvalue weighted by atomic mass is 10.0. The third-order valence-corrected chi connectivity index (χ3v) is 5.95. The maximum atomic E-state index is 13.4. The molecule has 0 saturated heterocycles. The molecule has 0 fully saturated rings. The van der Waals surface area contributed by atoms with Gasteiger partial charge >= 0.3 is 12.2 Å². The van der Waals surface area contributed by atoms with Gasteiger partial charge in [-0.1, -0.05) is 74.5 Å². The van der Waals surface area contributed by atoms with Crippen LogP contribution in [0, 0.1) is 5.92 Å². The number of benzene rings is 2. The second-order valence-electron chi connectivity index (χ2n) is 11.5. The van der Waals surface area contributed by atoms with Crippen LogP contribution in [0.4, 0.5) is 9.59 Å². The summed E-state index contributed by atoms with van der Waals surface area (Å²) in [6.45, 7) is 10.4. The molecule has 0 spiro atoms. The number of carbonyl (C=O) groups is 4. The standard InChI is InChI=1S/C31H44N4O7/c1-20(2)17-24(34-29(39)41-19-23-15-11-8-12-16-23)28(38)33-25(18-22-13-9-7-10-14-22)27(37)32-21(3)26(36)35-30(40)42-31(4,5)6/h7-16,20-21,24-26,36H,17-19H2,1-6H3,(H,32,37)(H,33,38)(H,34,39)(H,35,40)/t21-,24-,25-,26?/m0/s1. The summed E-state index contributed by atoms with van der Waals surface area (Å²) >= 11 is 0. The monoisotopic (exact) mass is 584 g/mol. The fourth-order valence-corrected chi connectivity index (χ4v) is 3.90. The van der Waals surface area contributed by atoms with Gasteiger partial charge < -0.3 is 30.5 Å². The average Bonchev–Trinajstić information content (AvgIpc) is 2.90. The van der Waals surface area contributed by atoms with Crippen LogP contribution in [0.25, 0.3) is 0 Å². The van der Waals surface area contributed by atoms with Crippen molar-refractivity contribution < 1.29 is 33.8 Å². The normalized spacial score (nSPS) is 14.1. The van der Waals surface area contributed by atoms with E-state index in [-0.39, 0.29) is 18.9 Å². The summed E-state index contributed by atoms with van der Waals surface area (Å²) in [6.07, 6.45) is -2.60. The average molecular weight is 585 g/mol. The van der Waals surface area contributed by atoms with E-state index in [9.17, 15) is 24.3 Å².